The van der Waals surface area contributed by atoms with E-state index >= 15 is 0 Å². The van der Waals surface area contributed by atoms with E-state index in [4.69, 9.17) is 44.9 Å². The number of benzene rings is 1. The quantitative estimate of drug-likeness (QED) is 0.461. The molecule has 1 aliphatic rings. The number of ether oxygens (including phenoxy) is 1. The van der Waals surface area contributed by atoms with Crippen LogP contribution in [-0.2, 0) is 9.53 Å². The van der Waals surface area contributed by atoms with E-state index in [9.17, 15) is 4.79 Å². The molecule has 0 unspecified atom stereocenters. The fourth-order valence-corrected chi connectivity index (χ4v) is 3.25. The number of nitrogens with zero attached hydrogens (tertiary/aromatic N) is 3. The normalized spacial score (nSPS) is 13.6. The van der Waals surface area contributed by atoms with Crippen LogP contribution in [0.1, 0.15) is 19.3 Å². The van der Waals surface area contributed by atoms with E-state index in [1.165, 1.54) is 18.3 Å². The Kier molecular flexibility index (Phi) is 8.78. The first kappa shape index (κ1) is 23.0. The number of anilines is 2. The van der Waals surface area contributed by atoms with E-state index in [2.05, 4.69) is 9.64 Å². The van der Waals surface area contributed by atoms with Crippen molar-refractivity contribution in [2.75, 3.05) is 36.7 Å². The lowest BCUT2D eigenvalue weighted by Crippen LogP contribution is -2.26. The van der Waals surface area contributed by atoms with E-state index in [1.807, 2.05) is 12.1 Å². The number of aromatic nitrogens is 1. The maximum atomic E-state index is 9.68. The van der Waals surface area contributed by atoms with Crippen LogP contribution < -0.4 is 21.5 Å². The van der Waals surface area contributed by atoms with Gasteiger partial charge in [0, 0.05) is 44.1 Å². The molecule has 2 aromatic rings. The zero-order valence-corrected chi connectivity index (χ0v) is 17.7. The van der Waals surface area contributed by atoms with Crippen LogP contribution in [0.25, 0.3) is 10.9 Å². The van der Waals surface area contributed by atoms with Crippen molar-refractivity contribution in [3.63, 3.8) is 0 Å². The Bertz CT molecular complexity index is 873. The standard InChI is InChI=1S/C15H17Cl2N5.C4H8O3/c16-11-4-3-10-12(22(19)8-5-18)9-13(20-15(10)14(11)17)21-6-1-2-7-21;1-7-3-2-4(5)6/h3-5,8-9H,1-2,6-7,18-19H2;2-3H2,1H3,(H,5,6)/b8-5-;. The molecule has 2 heterocycles. The Morgan fingerprint density at radius 1 is 1.38 bits per heavy atom. The smallest absolute Gasteiger partial charge is 0.305 e. The average Bonchev–Trinajstić information content (AvgIpc) is 3.24. The van der Waals surface area contributed by atoms with Crippen LogP contribution in [0.2, 0.25) is 10.0 Å². The van der Waals surface area contributed by atoms with Gasteiger partial charge < -0.3 is 20.5 Å². The van der Waals surface area contributed by atoms with E-state index < -0.39 is 5.97 Å². The summed E-state index contributed by atoms with van der Waals surface area (Å²) < 4.78 is 4.47. The Hall–Kier alpha value is -2.26. The van der Waals surface area contributed by atoms with Gasteiger partial charge in [0.25, 0.3) is 0 Å². The number of pyridine rings is 1. The van der Waals surface area contributed by atoms with Gasteiger partial charge in [-0.2, -0.15) is 0 Å². The van der Waals surface area contributed by atoms with Gasteiger partial charge in [0.15, 0.2) is 0 Å². The van der Waals surface area contributed by atoms with Crippen molar-refractivity contribution < 1.29 is 14.6 Å². The molecule has 0 aliphatic carbocycles. The highest BCUT2D eigenvalue weighted by Gasteiger charge is 2.19. The zero-order chi connectivity index (χ0) is 21.4. The number of rotatable bonds is 6. The maximum Gasteiger partial charge on any atom is 0.305 e. The average molecular weight is 442 g/mol. The molecule has 1 fully saturated rings. The number of fused-ring (bicyclic) bond motifs is 1. The molecule has 1 aliphatic heterocycles. The number of carbonyl (C=O) groups is 1. The van der Waals surface area contributed by atoms with Crippen LogP contribution in [0.5, 0.6) is 0 Å². The Morgan fingerprint density at radius 3 is 2.62 bits per heavy atom. The third-order valence-corrected chi connectivity index (χ3v) is 5.11. The first-order chi connectivity index (χ1) is 13.9. The molecule has 1 aromatic carbocycles. The monoisotopic (exact) mass is 441 g/mol. The molecule has 0 saturated carbocycles. The second-order valence-electron chi connectivity index (χ2n) is 6.34. The first-order valence-corrected chi connectivity index (χ1v) is 9.81. The van der Waals surface area contributed by atoms with Gasteiger partial charge in [-0.05, 0) is 25.0 Å². The molecule has 10 heteroatoms. The molecule has 1 aromatic heterocycles. The third-order valence-electron chi connectivity index (χ3n) is 4.31. The molecule has 0 spiro atoms. The summed E-state index contributed by atoms with van der Waals surface area (Å²) in [6, 6.07) is 5.56. The lowest BCUT2D eigenvalue weighted by molar-refractivity contribution is -0.137. The SMILES string of the molecule is COCCC(=O)O.N/C=C\N(N)c1cc(N2CCCC2)nc2c(Cl)c(Cl)ccc12. The van der Waals surface area contributed by atoms with Crippen LogP contribution in [0, 0.1) is 0 Å². The van der Waals surface area contributed by atoms with Crippen LogP contribution in [0.15, 0.2) is 30.6 Å². The van der Waals surface area contributed by atoms with Crippen LogP contribution >= 0.6 is 23.2 Å². The van der Waals surface area contributed by atoms with Gasteiger partial charge in [-0.15, -0.1) is 0 Å². The summed E-state index contributed by atoms with van der Waals surface area (Å²) in [5.41, 5.74) is 6.88. The Balaban J connectivity index is 0.000000370. The summed E-state index contributed by atoms with van der Waals surface area (Å²) in [5, 5.41) is 11.2. The number of carboxylic acid groups (broad SMARTS) is 1. The minimum atomic E-state index is -0.818. The van der Waals surface area contributed by atoms with E-state index in [0.717, 1.165) is 42.8 Å². The number of methoxy groups -OCH3 is 1. The summed E-state index contributed by atoms with van der Waals surface area (Å²) >= 11 is 12.5. The number of halogens is 2. The van der Waals surface area contributed by atoms with Crippen molar-refractivity contribution in [1.82, 2.24) is 4.98 Å². The molecule has 0 atom stereocenters. The molecule has 29 heavy (non-hydrogen) atoms. The number of carboxylic acids is 1. The van der Waals surface area contributed by atoms with Crippen LogP contribution in [-0.4, -0.2) is 42.9 Å². The number of hydrogen-bond donors (Lipinski definition) is 3. The summed E-state index contributed by atoms with van der Waals surface area (Å²) in [4.78, 5) is 16.6. The number of hydrogen-bond acceptors (Lipinski definition) is 7. The minimum absolute atomic E-state index is 0.0938. The fourth-order valence-electron chi connectivity index (χ4n) is 2.89. The van der Waals surface area contributed by atoms with Gasteiger partial charge in [0.1, 0.15) is 5.82 Å². The number of hydrazine groups is 1. The number of nitrogens with two attached hydrogens (primary N) is 2. The second-order valence-corrected chi connectivity index (χ2v) is 7.12. The highest BCUT2D eigenvalue weighted by molar-refractivity contribution is 6.45. The van der Waals surface area contributed by atoms with Gasteiger partial charge in [-0.3, -0.25) is 9.80 Å². The summed E-state index contributed by atoms with van der Waals surface area (Å²) in [6.45, 7) is 2.26. The highest BCUT2D eigenvalue weighted by atomic mass is 35.5. The second kappa shape index (κ2) is 11.1. The summed E-state index contributed by atoms with van der Waals surface area (Å²) in [6.07, 6.45) is 5.39. The van der Waals surface area contributed by atoms with Gasteiger partial charge in [-0.1, -0.05) is 23.2 Å². The van der Waals surface area contributed by atoms with Crippen molar-refractivity contribution in [3.05, 3.63) is 40.6 Å². The van der Waals surface area contributed by atoms with Gasteiger partial charge in [-0.25, -0.2) is 10.8 Å². The van der Waals surface area contributed by atoms with Gasteiger partial charge >= 0.3 is 5.97 Å². The lowest BCUT2D eigenvalue weighted by Gasteiger charge is -2.22. The zero-order valence-electron chi connectivity index (χ0n) is 16.1. The molecule has 0 bridgehead atoms. The van der Waals surface area contributed by atoms with E-state index in [1.54, 1.807) is 12.3 Å². The molecule has 3 rings (SSSR count). The van der Waals surface area contributed by atoms with Crippen molar-refractivity contribution in [3.8, 4) is 0 Å². The topological polar surface area (TPSA) is 118 Å². The molecular formula is C19H25Cl2N5O3. The minimum Gasteiger partial charge on any atom is -0.481 e. The summed E-state index contributed by atoms with van der Waals surface area (Å²) in [7, 11) is 1.48. The molecule has 0 amide bonds. The van der Waals surface area contributed by atoms with Crippen LogP contribution in [0.4, 0.5) is 11.5 Å². The Morgan fingerprint density at radius 2 is 2.07 bits per heavy atom. The first-order valence-electron chi connectivity index (χ1n) is 9.05. The largest absolute Gasteiger partial charge is 0.481 e. The molecule has 8 nitrogen and oxygen atoms in total. The maximum absolute atomic E-state index is 9.68. The van der Waals surface area contributed by atoms with Crippen LogP contribution in [0.3, 0.4) is 0 Å². The molecule has 0 radical (unpaired) electrons. The van der Waals surface area contributed by atoms with Gasteiger partial charge in [0.05, 0.1) is 34.3 Å². The molecule has 5 N–H and O–H groups in total. The van der Waals surface area contributed by atoms with Crippen molar-refractivity contribution in [2.24, 2.45) is 11.6 Å². The van der Waals surface area contributed by atoms with Crippen molar-refractivity contribution >= 4 is 51.6 Å². The summed E-state index contributed by atoms with van der Waals surface area (Å²) in [5.74, 6) is 6.11. The van der Waals surface area contributed by atoms with E-state index in [0.29, 0.717) is 22.2 Å². The lowest BCUT2D eigenvalue weighted by atomic mass is 10.1. The predicted octanol–water partition coefficient (Wildman–Crippen LogP) is 3.36. The van der Waals surface area contributed by atoms with E-state index in [-0.39, 0.29) is 6.42 Å². The molecular weight excluding hydrogens is 417 g/mol. The molecule has 1 saturated heterocycles. The number of aliphatic carboxylic acids is 1. The van der Waals surface area contributed by atoms with Crippen molar-refractivity contribution in [1.29, 1.82) is 0 Å². The van der Waals surface area contributed by atoms with Crippen molar-refractivity contribution in [2.45, 2.75) is 19.3 Å². The Labute approximate surface area is 179 Å². The highest BCUT2D eigenvalue weighted by Crippen LogP contribution is 2.37. The van der Waals surface area contributed by atoms with Gasteiger partial charge in [0.2, 0.25) is 0 Å². The predicted molar refractivity (Wildman–Crippen MR) is 117 cm³/mol. The molecule has 158 valence electrons. The fraction of sp³-hybridized carbons (Fsp3) is 0.368. The third kappa shape index (κ3) is 6.11.